The molecular formula is C26H38N4O8. The van der Waals surface area contributed by atoms with Crippen LogP contribution in [0, 0.1) is 5.92 Å². The molecule has 1 heterocycles. The maximum absolute atomic E-state index is 13.4. The summed E-state index contributed by atoms with van der Waals surface area (Å²) in [6.45, 7) is 7.20. The van der Waals surface area contributed by atoms with Crippen LogP contribution >= 0.6 is 0 Å². The summed E-state index contributed by atoms with van der Waals surface area (Å²) in [5.74, 6) is -4.44. The molecule has 0 saturated carbocycles. The summed E-state index contributed by atoms with van der Waals surface area (Å²) in [6.07, 6.45) is 1.83. The maximum atomic E-state index is 13.4. The van der Waals surface area contributed by atoms with Crippen molar-refractivity contribution in [3.63, 3.8) is 0 Å². The van der Waals surface area contributed by atoms with Crippen LogP contribution < -0.4 is 16.0 Å². The number of hydrogen-bond acceptors (Lipinski definition) is 7. The third-order valence-electron chi connectivity index (χ3n) is 6.89. The fraction of sp³-hybridized carbons (Fsp3) is 0.577. The van der Waals surface area contributed by atoms with Gasteiger partial charge in [-0.25, -0.2) is 4.79 Å². The van der Waals surface area contributed by atoms with Crippen molar-refractivity contribution in [2.24, 2.45) is 5.92 Å². The first kappa shape index (κ1) is 30.4. The van der Waals surface area contributed by atoms with E-state index in [0.717, 1.165) is 12.1 Å². The van der Waals surface area contributed by atoms with E-state index in [-0.39, 0.29) is 42.4 Å². The second-order valence-corrected chi connectivity index (χ2v) is 9.50. The molecule has 1 saturated heterocycles. The van der Waals surface area contributed by atoms with Crippen LogP contribution in [0.25, 0.3) is 0 Å². The highest BCUT2D eigenvalue weighted by Gasteiger charge is 2.39. The zero-order valence-corrected chi connectivity index (χ0v) is 22.2. The van der Waals surface area contributed by atoms with Crippen molar-refractivity contribution in [2.75, 3.05) is 6.54 Å². The van der Waals surface area contributed by atoms with Gasteiger partial charge in [-0.1, -0.05) is 34.1 Å². The predicted molar refractivity (Wildman–Crippen MR) is 137 cm³/mol. The van der Waals surface area contributed by atoms with Crippen molar-refractivity contribution in [3.8, 4) is 11.5 Å². The second-order valence-electron chi connectivity index (χ2n) is 9.50. The van der Waals surface area contributed by atoms with Crippen molar-refractivity contribution < 1.29 is 39.3 Å². The van der Waals surface area contributed by atoms with Gasteiger partial charge in [0.15, 0.2) is 0 Å². The average molecular weight is 535 g/mol. The molecular weight excluding hydrogens is 496 g/mol. The van der Waals surface area contributed by atoms with E-state index >= 15 is 0 Å². The highest BCUT2D eigenvalue weighted by molar-refractivity contribution is 6.00. The summed E-state index contributed by atoms with van der Waals surface area (Å²) in [5, 5.41) is 36.6. The molecule has 4 amide bonds. The van der Waals surface area contributed by atoms with Crippen molar-refractivity contribution >= 4 is 29.6 Å². The number of hydrogen-bond donors (Lipinski definition) is 6. The number of phenolic OH excluding ortho intramolecular Hbond substituents is 2. The highest BCUT2D eigenvalue weighted by atomic mass is 16.4. The number of rotatable bonds is 12. The number of likely N-dealkylation sites (tertiary alicyclic amines) is 1. The first-order chi connectivity index (χ1) is 17.9. The van der Waals surface area contributed by atoms with Gasteiger partial charge in [-0.3, -0.25) is 19.2 Å². The third-order valence-corrected chi connectivity index (χ3v) is 6.89. The molecule has 38 heavy (non-hydrogen) atoms. The van der Waals surface area contributed by atoms with Gasteiger partial charge in [-0.05, 0) is 49.8 Å². The van der Waals surface area contributed by atoms with Gasteiger partial charge >= 0.3 is 5.97 Å². The minimum absolute atomic E-state index is 0.178. The molecule has 6 N–H and O–H groups in total. The molecule has 1 fully saturated rings. The van der Waals surface area contributed by atoms with E-state index in [9.17, 15) is 39.3 Å². The molecule has 1 aromatic rings. The predicted octanol–water partition coefficient (Wildman–Crippen LogP) is 1.11. The Morgan fingerprint density at radius 2 is 1.63 bits per heavy atom. The van der Waals surface area contributed by atoms with Crippen LogP contribution in [0.3, 0.4) is 0 Å². The van der Waals surface area contributed by atoms with E-state index in [4.69, 9.17) is 0 Å². The number of carboxylic acid groups (broad SMARTS) is 1. The monoisotopic (exact) mass is 534 g/mol. The lowest BCUT2D eigenvalue weighted by molar-refractivity contribution is -0.143. The Bertz CT molecular complexity index is 1050. The van der Waals surface area contributed by atoms with Gasteiger partial charge in [0, 0.05) is 6.54 Å². The Balaban J connectivity index is 2.16. The molecule has 0 aliphatic carbocycles. The minimum Gasteiger partial charge on any atom is -0.508 e. The number of nitrogens with one attached hydrogen (secondary N) is 3. The molecule has 210 valence electrons. The first-order valence-corrected chi connectivity index (χ1v) is 12.9. The maximum Gasteiger partial charge on any atom is 0.326 e. The molecule has 5 atom stereocenters. The molecule has 1 aliphatic heterocycles. The van der Waals surface area contributed by atoms with Gasteiger partial charge in [0.25, 0.3) is 5.91 Å². The fourth-order valence-electron chi connectivity index (χ4n) is 4.33. The fourth-order valence-corrected chi connectivity index (χ4v) is 4.33. The summed E-state index contributed by atoms with van der Waals surface area (Å²) in [6, 6.07) is -0.475. The number of benzene rings is 1. The molecule has 12 heteroatoms. The Kier molecular flexibility index (Phi) is 10.9. The zero-order chi connectivity index (χ0) is 28.6. The number of carboxylic acids is 1. The number of amides is 4. The molecule has 0 aromatic heterocycles. The van der Waals surface area contributed by atoms with Crippen LogP contribution in [-0.2, 0) is 19.2 Å². The minimum atomic E-state index is -1.17. The molecule has 2 rings (SSSR count). The van der Waals surface area contributed by atoms with Crippen molar-refractivity contribution in [3.05, 3.63) is 23.8 Å². The number of carbonyl (C=O) groups excluding carboxylic acids is 4. The lowest BCUT2D eigenvalue weighted by Gasteiger charge is -2.31. The van der Waals surface area contributed by atoms with E-state index in [1.54, 1.807) is 20.8 Å². The SMILES string of the molecule is CC[C@H](NC(=O)[C@@H](NC(=O)[C@@H]1CCCN1C(=O)[C@H](CC)NC(=O)c1cc(O)ccc1O)[C@@H](C)CC)C(=O)O. The van der Waals surface area contributed by atoms with Crippen LogP contribution in [-0.4, -0.2) is 80.5 Å². The molecule has 12 nitrogen and oxygen atoms in total. The highest BCUT2D eigenvalue weighted by Crippen LogP contribution is 2.23. The van der Waals surface area contributed by atoms with Gasteiger partial charge < -0.3 is 36.2 Å². The van der Waals surface area contributed by atoms with Gasteiger partial charge in [-0.15, -0.1) is 0 Å². The number of carbonyl (C=O) groups is 5. The van der Waals surface area contributed by atoms with Crippen LogP contribution in [0.5, 0.6) is 11.5 Å². The Morgan fingerprint density at radius 1 is 0.974 bits per heavy atom. The van der Waals surface area contributed by atoms with Crippen LogP contribution in [0.15, 0.2) is 18.2 Å². The van der Waals surface area contributed by atoms with E-state index in [0.29, 0.717) is 19.3 Å². The Hall–Kier alpha value is -3.83. The summed E-state index contributed by atoms with van der Waals surface area (Å²) < 4.78 is 0. The standard InChI is InChI=1S/C26H38N4O8/c1-5-14(4)21(24(35)28-18(7-3)26(37)38)29-23(34)19-9-8-12-30(19)25(36)17(6-2)27-22(33)16-13-15(31)10-11-20(16)32/h10-11,13-14,17-19,21,31-32H,5-9,12H2,1-4H3,(H,27,33)(H,28,35)(H,29,34)(H,37,38)/t14-,17-,18-,19-,21-/m0/s1. The van der Waals surface area contributed by atoms with Crippen LogP contribution in [0.2, 0.25) is 0 Å². The number of aromatic hydroxyl groups is 2. The van der Waals surface area contributed by atoms with Gasteiger partial charge in [0.05, 0.1) is 5.56 Å². The van der Waals surface area contributed by atoms with E-state index in [2.05, 4.69) is 16.0 Å². The van der Waals surface area contributed by atoms with E-state index in [1.807, 2.05) is 6.92 Å². The lowest BCUT2D eigenvalue weighted by atomic mass is 9.97. The van der Waals surface area contributed by atoms with Crippen LogP contribution in [0.1, 0.15) is 70.2 Å². The molecule has 0 unspecified atom stereocenters. The second kappa shape index (κ2) is 13.6. The van der Waals surface area contributed by atoms with Crippen LogP contribution in [0.4, 0.5) is 0 Å². The largest absolute Gasteiger partial charge is 0.508 e. The smallest absolute Gasteiger partial charge is 0.326 e. The quantitative estimate of drug-likeness (QED) is 0.215. The number of phenols is 2. The Labute approximate surface area is 221 Å². The summed E-state index contributed by atoms with van der Waals surface area (Å²) in [5.41, 5.74) is -0.193. The molecule has 1 aromatic carbocycles. The lowest BCUT2D eigenvalue weighted by Crippen LogP contribution is -2.58. The topological polar surface area (TPSA) is 185 Å². The number of nitrogens with zero attached hydrogens (tertiary/aromatic N) is 1. The van der Waals surface area contributed by atoms with Gasteiger partial charge in [-0.2, -0.15) is 0 Å². The summed E-state index contributed by atoms with van der Waals surface area (Å²) in [4.78, 5) is 64.9. The van der Waals surface area contributed by atoms with E-state index < -0.39 is 53.8 Å². The van der Waals surface area contributed by atoms with Crippen molar-refractivity contribution in [1.82, 2.24) is 20.9 Å². The van der Waals surface area contributed by atoms with Crippen molar-refractivity contribution in [1.29, 1.82) is 0 Å². The van der Waals surface area contributed by atoms with Gasteiger partial charge in [0.1, 0.15) is 35.7 Å². The molecule has 0 bridgehead atoms. The molecule has 0 radical (unpaired) electrons. The number of aliphatic carboxylic acids is 1. The Morgan fingerprint density at radius 3 is 2.21 bits per heavy atom. The van der Waals surface area contributed by atoms with Crippen molar-refractivity contribution in [2.45, 2.75) is 84.0 Å². The summed E-state index contributed by atoms with van der Waals surface area (Å²) >= 11 is 0. The van der Waals surface area contributed by atoms with E-state index in [1.165, 1.54) is 11.0 Å². The average Bonchev–Trinajstić information content (AvgIpc) is 3.39. The molecule has 1 aliphatic rings. The first-order valence-electron chi connectivity index (χ1n) is 12.9. The molecule has 0 spiro atoms. The summed E-state index contributed by atoms with van der Waals surface area (Å²) in [7, 11) is 0. The van der Waals surface area contributed by atoms with Gasteiger partial charge in [0.2, 0.25) is 17.7 Å². The third kappa shape index (κ3) is 7.36. The zero-order valence-electron chi connectivity index (χ0n) is 22.2. The normalized spacial score (nSPS) is 18.1.